The molecule has 0 saturated heterocycles. The molecule has 0 N–H and O–H groups in total. The average molecular weight is 241 g/mol. The molecule has 0 aromatic rings. The Morgan fingerprint density at radius 3 is 1.56 bits per heavy atom. The molecule has 0 saturated carbocycles. The van der Waals surface area contributed by atoms with Crippen molar-refractivity contribution >= 4 is 8.24 Å². The molecular weight excluding hydrogens is 210 g/mol. The Morgan fingerprint density at radius 2 is 1.31 bits per heavy atom. The van der Waals surface area contributed by atoms with Gasteiger partial charge in [-0.15, -0.1) is 6.58 Å². The second kappa shape index (κ2) is 9.00. The molecule has 0 heterocycles. The Kier molecular flexibility index (Phi) is 8.95. The van der Waals surface area contributed by atoms with Gasteiger partial charge in [0.2, 0.25) is 0 Å². The van der Waals surface area contributed by atoms with E-state index in [1.54, 1.807) is 0 Å². The van der Waals surface area contributed by atoms with E-state index < -0.39 is 8.24 Å². The molecule has 96 valence electrons. The van der Waals surface area contributed by atoms with E-state index in [4.69, 9.17) is 0 Å². The summed E-state index contributed by atoms with van der Waals surface area (Å²) in [7, 11) is -1.34. The molecule has 0 atom stereocenters. The third-order valence-electron chi connectivity index (χ3n) is 3.36. The molecule has 0 aromatic carbocycles. The fraction of sp³-hybridized carbons (Fsp3) is 0.857. The Balaban J connectivity index is 4.81. The first-order chi connectivity index (χ1) is 7.70. The van der Waals surface area contributed by atoms with Crippen molar-refractivity contribution in [2.45, 2.75) is 65.5 Å². The topological polar surface area (TPSA) is 3.24 Å². The summed E-state index contributed by atoms with van der Waals surface area (Å²) in [6.07, 6.45) is 5.16. The van der Waals surface area contributed by atoms with Crippen molar-refractivity contribution < 1.29 is 0 Å². The highest BCUT2D eigenvalue weighted by atomic mass is 28.3. The molecule has 0 unspecified atom stereocenters. The molecule has 0 aliphatic rings. The molecule has 0 spiro atoms. The predicted octanol–water partition coefficient (Wildman–Crippen LogP) is 4.60. The van der Waals surface area contributed by atoms with Crippen LogP contribution in [0.25, 0.3) is 0 Å². The highest BCUT2D eigenvalue weighted by Crippen LogP contribution is 2.26. The molecule has 16 heavy (non-hydrogen) atoms. The zero-order valence-electron chi connectivity index (χ0n) is 11.9. The Hall–Kier alpha value is -0.0831. The van der Waals surface area contributed by atoms with Crippen LogP contribution in [0.4, 0.5) is 0 Å². The zero-order valence-corrected chi connectivity index (χ0v) is 12.9. The third kappa shape index (κ3) is 4.42. The first-order valence-electron chi connectivity index (χ1n) is 7.09. The SMILES string of the molecule is C=C[Si](CCC)(CCC)N(CCC)CCC. The summed E-state index contributed by atoms with van der Waals surface area (Å²) >= 11 is 0. The first-order valence-corrected chi connectivity index (χ1v) is 9.53. The largest absolute Gasteiger partial charge is 0.320 e. The van der Waals surface area contributed by atoms with Crippen LogP contribution in [-0.2, 0) is 0 Å². The smallest absolute Gasteiger partial charge is 0.152 e. The summed E-state index contributed by atoms with van der Waals surface area (Å²) in [5.41, 5.74) is 2.35. The van der Waals surface area contributed by atoms with Gasteiger partial charge in [0.1, 0.15) is 0 Å². The second-order valence-corrected chi connectivity index (χ2v) is 9.04. The maximum Gasteiger partial charge on any atom is 0.152 e. The number of rotatable bonds is 10. The molecule has 0 amide bonds. The van der Waals surface area contributed by atoms with Gasteiger partial charge < -0.3 is 4.57 Å². The molecule has 0 aromatic heterocycles. The normalized spacial score (nSPS) is 12.1. The van der Waals surface area contributed by atoms with Crippen LogP contribution >= 0.6 is 0 Å². The highest BCUT2D eigenvalue weighted by molar-refractivity contribution is 6.81. The number of hydrogen-bond acceptors (Lipinski definition) is 1. The minimum atomic E-state index is -1.34. The highest BCUT2D eigenvalue weighted by Gasteiger charge is 2.33. The summed E-state index contributed by atoms with van der Waals surface area (Å²) in [5.74, 6) is 0. The summed E-state index contributed by atoms with van der Waals surface area (Å²) in [4.78, 5) is 0. The van der Waals surface area contributed by atoms with E-state index in [0.29, 0.717) is 0 Å². The van der Waals surface area contributed by atoms with Gasteiger partial charge in [-0.2, -0.15) is 0 Å². The first kappa shape index (κ1) is 15.9. The van der Waals surface area contributed by atoms with Crippen LogP contribution in [0.3, 0.4) is 0 Å². The van der Waals surface area contributed by atoms with Crippen molar-refractivity contribution in [3.05, 3.63) is 12.3 Å². The zero-order chi connectivity index (χ0) is 12.4. The molecule has 0 bridgehead atoms. The molecule has 0 fully saturated rings. The quantitative estimate of drug-likeness (QED) is 0.505. The summed E-state index contributed by atoms with van der Waals surface area (Å²) in [6.45, 7) is 15.9. The molecule has 0 radical (unpaired) electrons. The van der Waals surface area contributed by atoms with E-state index in [9.17, 15) is 0 Å². The minimum absolute atomic E-state index is 1.27. The molecular formula is C14H31NSi. The Morgan fingerprint density at radius 1 is 0.875 bits per heavy atom. The van der Waals surface area contributed by atoms with Crippen molar-refractivity contribution in [3.63, 3.8) is 0 Å². The van der Waals surface area contributed by atoms with Crippen molar-refractivity contribution in [3.8, 4) is 0 Å². The van der Waals surface area contributed by atoms with Crippen molar-refractivity contribution in [1.82, 2.24) is 4.57 Å². The molecule has 0 aliphatic heterocycles. The van der Waals surface area contributed by atoms with E-state index in [-0.39, 0.29) is 0 Å². The molecule has 1 nitrogen and oxygen atoms in total. The van der Waals surface area contributed by atoms with Crippen molar-refractivity contribution in [1.29, 1.82) is 0 Å². The van der Waals surface area contributed by atoms with E-state index in [1.807, 2.05) is 0 Å². The van der Waals surface area contributed by atoms with Gasteiger partial charge in [-0.1, -0.05) is 46.2 Å². The van der Waals surface area contributed by atoms with E-state index in [2.05, 4.69) is 44.5 Å². The van der Waals surface area contributed by atoms with Crippen molar-refractivity contribution in [2.24, 2.45) is 0 Å². The van der Waals surface area contributed by atoms with Crippen LogP contribution in [0.1, 0.15) is 53.4 Å². The average Bonchev–Trinajstić information content (AvgIpc) is 2.28. The molecule has 0 rings (SSSR count). The van der Waals surface area contributed by atoms with Crippen LogP contribution in [-0.4, -0.2) is 25.9 Å². The van der Waals surface area contributed by atoms with Crippen molar-refractivity contribution in [2.75, 3.05) is 13.1 Å². The van der Waals surface area contributed by atoms with E-state index in [1.165, 1.54) is 50.9 Å². The lowest BCUT2D eigenvalue weighted by Gasteiger charge is -2.40. The van der Waals surface area contributed by atoms with Gasteiger partial charge in [-0.3, -0.25) is 0 Å². The lowest BCUT2D eigenvalue weighted by molar-refractivity contribution is 0.414. The third-order valence-corrected chi connectivity index (χ3v) is 8.56. The Bertz CT molecular complexity index is 168. The molecule has 0 aliphatic carbocycles. The van der Waals surface area contributed by atoms with E-state index >= 15 is 0 Å². The van der Waals surface area contributed by atoms with E-state index in [0.717, 1.165) is 0 Å². The maximum atomic E-state index is 4.18. The van der Waals surface area contributed by atoms with Crippen LogP contribution in [0.15, 0.2) is 12.3 Å². The Labute approximate surface area is 104 Å². The number of hydrogen-bond donors (Lipinski definition) is 0. The monoisotopic (exact) mass is 241 g/mol. The lowest BCUT2D eigenvalue weighted by atomic mass is 10.4. The van der Waals surface area contributed by atoms with Crippen LogP contribution < -0.4 is 0 Å². The van der Waals surface area contributed by atoms with Crippen LogP contribution in [0.5, 0.6) is 0 Å². The van der Waals surface area contributed by atoms with Gasteiger partial charge in [0.25, 0.3) is 0 Å². The van der Waals surface area contributed by atoms with Gasteiger partial charge in [0.15, 0.2) is 8.24 Å². The number of nitrogens with zero attached hydrogens (tertiary/aromatic N) is 1. The fourth-order valence-corrected chi connectivity index (χ4v) is 7.36. The predicted molar refractivity (Wildman–Crippen MR) is 78.3 cm³/mol. The van der Waals surface area contributed by atoms with Gasteiger partial charge in [0, 0.05) is 0 Å². The minimum Gasteiger partial charge on any atom is -0.320 e. The van der Waals surface area contributed by atoms with Gasteiger partial charge >= 0.3 is 0 Å². The molecule has 2 heteroatoms. The summed E-state index contributed by atoms with van der Waals surface area (Å²) in [5, 5.41) is 0. The maximum absolute atomic E-state index is 4.18. The summed E-state index contributed by atoms with van der Waals surface area (Å²) < 4.78 is 2.80. The van der Waals surface area contributed by atoms with Gasteiger partial charge in [0.05, 0.1) is 0 Å². The van der Waals surface area contributed by atoms with Gasteiger partial charge in [-0.25, -0.2) is 0 Å². The fourth-order valence-electron chi connectivity index (χ4n) is 2.74. The second-order valence-electron chi connectivity index (χ2n) is 4.79. The van der Waals surface area contributed by atoms with Crippen LogP contribution in [0, 0.1) is 0 Å². The lowest BCUT2D eigenvalue weighted by Crippen LogP contribution is -2.52. The van der Waals surface area contributed by atoms with Gasteiger partial charge in [-0.05, 0) is 38.0 Å². The standard InChI is InChI=1S/C14H31NSi/c1-6-11-15(12-7-2)16(10-5,13-8-3)14-9-4/h10H,5-9,11-14H2,1-4H3. The summed E-state index contributed by atoms with van der Waals surface area (Å²) in [6, 6.07) is 2.79. The van der Waals surface area contributed by atoms with Crippen LogP contribution in [0.2, 0.25) is 12.1 Å².